The topological polar surface area (TPSA) is 12.5 Å². The highest BCUT2D eigenvalue weighted by Crippen LogP contribution is 2.34. The second-order valence-electron chi connectivity index (χ2n) is 7.81. The number of fused-ring (bicyclic) bond motifs is 1. The van der Waals surface area contributed by atoms with Gasteiger partial charge >= 0.3 is 0 Å². The molecule has 1 aliphatic rings. The van der Waals surface area contributed by atoms with Crippen LogP contribution in [0, 0.1) is 5.82 Å². The molecule has 3 aromatic rings. The zero-order valence-electron chi connectivity index (χ0n) is 17.0. The van der Waals surface area contributed by atoms with Gasteiger partial charge in [0.1, 0.15) is 12.5 Å². The van der Waals surface area contributed by atoms with Gasteiger partial charge in [-0.3, -0.25) is 0 Å². The molecule has 0 spiro atoms. The van der Waals surface area contributed by atoms with E-state index in [4.69, 9.17) is 4.74 Å². The predicted octanol–water partition coefficient (Wildman–Crippen LogP) is 6.20. The Morgan fingerprint density at radius 1 is 1.07 bits per heavy atom. The number of hydrogen-bond donors (Lipinski definition) is 0. The van der Waals surface area contributed by atoms with Crippen LogP contribution in [0.5, 0.6) is 0 Å². The first kappa shape index (κ1) is 21.8. The molecule has 1 aliphatic heterocycles. The highest BCUT2D eigenvalue weighted by Gasteiger charge is 2.35. The van der Waals surface area contributed by atoms with E-state index >= 15 is 0 Å². The lowest BCUT2D eigenvalue weighted by molar-refractivity contribution is -0.0706. The summed E-state index contributed by atoms with van der Waals surface area (Å²) in [5.74, 6) is 0.538. The van der Waals surface area contributed by atoms with Crippen LogP contribution in [0.25, 0.3) is 10.1 Å². The molecule has 0 N–H and O–H groups in total. The van der Waals surface area contributed by atoms with E-state index in [1.807, 2.05) is 11.3 Å². The zero-order valence-corrected chi connectivity index (χ0v) is 18.6. The van der Waals surface area contributed by atoms with Gasteiger partial charge in [0, 0.05) is 35.0 Å². The molecular formula is C24H27F2NOS2. The second-order valence-corrected chi connectivity index (χ2v) is 9.77. The molecule has 0 atom stereocenters. The van der Waals surface area contributed by atoms with Gasteiger partial charge in [-0.15, -0.1) is 23.1 Å². The number of piperidine rings is 1. The van der Waals surface area contributed by atoms with Crippen LogP contribution in [-0.4, -0.2) is 49.2 Å². The highest BCUT2D eigenvalue weighted by molar-refractivity contribution is 7.99. The summed E-state index contributed by atoms with van der Waals surface area (Å²) >= 11 is 3.48. The summed E-state index contributed by atoms with van der Waals surface area (Å²) in [4.78, 5) is 3.51. The number of alkyl halides is 1. The number of thioether (sulfide) groups is 1. The quantitative estimate of drug-likeness (QED) is 0.363. The lowest BCUT2D eigenvalue weighted by atomic mass is 9.92. The monoisotopic (exact) mass is 447 g/mol. The van der Waals surface area contributed by atoms with Crippen LogP contribution in [0.15, 0.2) is 58.8 Å². The number of halogens is 2. The van der Waals surface area contributed by atoms with Gasteiger partial charge in [-0.2, -0.15) is 0 Å². The van der Waals surface area contributed by atoms with E-state index < -0.39 is 6.67 Å². The summed E-state index contributed by atoms with van der Waals surface area (Å²) in [5, 5.41) is 3.65. The Hall–Kier alpha value is -1.47. The van der Waals surface area contributed by atoms with Crippen molar-refractivity contribution in [2.45, 2.75) is 29.8 Å². The van der Waals surface area contributed by atoms with Crippen molar-refractivity contribution in [3.63, 3.8) is 0 Å². The van der Waals surface area contributed by atoms with Crippen molar-refractivity contribution in [1.29, 1.82) is 0 Å². The van der Waals surface area contributed by atoms with Crippen molar-refractivity contribution in [3.05, 3.63) is 65.3 Å². The Morgan fingerprint density at radius 3 is 2.60 bits per heavy atom. The Balaban J connectivity index is 1.32. The van der Waals surface area contributed by atoms with Crippen LogP contribution in [-0.2, 0) is 11.2 Å². The van der Waals surface area contributed by atoms with Crippen molar-refractivity contribution in [3.8, 4) is 0 Å². The van der Waals surface area contributed by atoms with E-state index in [1.165, 1.54) is 27.8 Å². The van der Waals surface area contributed by atoms with E-state index in [2.05, 4.69) is 34.5 Å². The lowest BCUT2D eigenvalue weighted by Crippen LogP contribution is -2.48. The van der Waals surface area contributed by atoms with Gasteiger partial charge in [-0.1, -0.05) is 18.2 Å². The molecular weight excluding hydrogens is 420 g/mol. The summed E-state index contributed by atoms with van der Waals surface area (Å²) in [5.41, 5.74) is 1.12. The maximum Gasteiger partial charge on any atom is 0.123 e. The van der Waals surface area contributed by atoms with Gasteiger partial charge < -0.3 is 9.64 Å². The van der Waals surface area contributed by atoms with Crippen molar-refractivity contribution in [2.24, 2.45) is 0 Å². The Labute approximate surface area is 185 Å². The van der Waals surface area contributed by atoms with Crippen LogP contribution in [0.1, 0.15) is 18.4 Å². The number of rotatable bonds is 9. The minimum Gasteiger partial charge on any atom is -0.371 e. The van der Waals surface area contributed by atoms with E-state index in [-0.39, 0.29) is 18.0 Å². The third-order valence-electron chi connectivity index (χ3n) is 5.83. The minimum absolute atomic E-state index is 0.144. The molecule has 2 aromatic carbocycles. The van der Waals surface area contributed by atoms with Gasteiger partial charge in [-0.25, -0.2) is 8.78 Å². The summed E-state index contributed by atoms with van der Waals surface area (Å²) < 4.78 is 33.3. The second kappa shape index (κ2) is 10.2. The SMILES string of the molecule is FCCOC1(CSc2ccc(F)cc2)CCN(CCc2csc3ccccc23)CC1. The van der Waals surface area contributed by atoms with E-state index in [9.17, 15) is 8.78 Å². The van der Waals surface area contributed by atoms with E-state index in [0.29, 0.717) is 0 Å². The molecule has 160 valence electrons. The van der Waals surface area contributed by atoms with Gasteiger partial charge in [-0.05, 0) is 65.9 Å². The molecule has 4 rings (SSSR count). The van der Waals surface area contributed by atoms with Crippen molar-refractivity contribution in [1.82, 2.24) is 4.90 Å². The third-order valence-corrected chi connectivity index (χ3v) is 8.11. The third kappa shape index (κ3) is 5.41. The molecule has 0 aliphatic carbocycles. The molecule has 0 saturated carbocycles. The number of hydrogen-bond acceptors (Lipinski definition) is 4. The molecule has 2 nitrogen and oxygen atoms in total. The Morgan fingerprint density at radius 2 is 1.83 bits per heavy atom. The number of nitrogens with zero attached hydrogens (tertiary/aromatic N) is 1. The molecule has 1 saturated heterocycles. The van der Waals surface area contributed by atoms with Crippen LogP contribution in [0.2, 0.25) is 0 Å². The number of likely N-dealkylation sites (tertiary alicyclic amines) is 1. The first-order chi connectivity index (χ1) is 14.7. The average molecular weight is 448 g/mol. The van der Waals surface area contributed by atoms with Crippen molar-refractivity contribution in [2.75, 3.05) is 38.7 Å². The normalized spacial score (nSPS) is 16.9. The summed E-state index contributed by atoms with van der Waals surface area (Å²) in [6.45, 7) is 2.63. The fraction of sp³-hybridized carbons (Fsp3) is 0.417. The van der Waals surface area contributed by atoms with Gasteiger partial charge in [0.15, 0.2) is 0 Å². The first-order valence-electron chi connectivity index (χ1n) is 10.4. The standard InChI is InChI=1S/C24H27F2NOS2/c25-12-16-28-24(18-30-21-7-5-20(26)6-8-21)10-14-27(15-11-24)13-9-19-17-29-23-4-2-1-3-22(19)23/h1-8,17H,9-16,18H2. The molecule has 0 radical (unpaired) electrons. The molecule has 6 heteroatoms. The van der Waals surface area contributed by atoms with Crippen molar-refractivity contribution >= 4 is 33.2 Å². The summed E-state index contributed by atoms with van der Waals surface area (Å²) in [6.07, 6.45) is 2.84. The maximum absolute atomic E-state index is 13.1. The molecule has 0 amide bonds. The lowest BCUT2D eigenvalue weighted by Gasteiger charge is -2.41. The fourth-order valence-corrected chi connectivity index (χ4v) is 6.15. The average Bonchev–Trinajstić information content (AvgIpc) is 3.20. The maximum atomic E-state index is 13.1. The zero-order chi connectivity index (χ0) is 20.8. The molecule has 30 heavy (non-hydrogen) atoms. The number of ether oxygens (including phenoxy) is 1. The summed E-state index contributed by atoms with van der Waals surface area (Å²) in [7, 11) is 0. The molecule has 1 fully saturated rings. The molecule has 0 unspecified atom stereocenters. The Bertz CT molecular complexity index is 936. The van der Waals surface area contributed by atoms with Crippen LogP contribution in [0.3, 0.4) is 0 Å². The Kier molecular flexibility index (Phi) is 7.41. The minimum atomic E-state index is -0.460. The van der Waals surface area contributed by atoms with Crippen LogP contribution >= 0.6 is 23.1 Å². The fourth-order valence-electron chi connectivity index (χ4n) is 4.02. The van der Waals surface area contributed by atoms with E-state index in [0.717, 1.165) is 49.5 Å². The van der Waals surface area contributed by atoms with Crippen LogP contribution < -0.4 is 0 Å². The molecule has 0 bridgehead atoms. The van der Waals surface area contributed by atoms with E-state index in [1.54, 1.807) is 23.9 Å². The van der Waals surface area contributed by atoms with Gasteiger partial charge in [0.25, 0.3) is 0 Å². The smallest absolute Gasteiger partial charge is 0.123 e. The molecule has 2 heterocycles. The number of benzene rings is 2. The van der Waals surface area contributed by atoms with Crippen LogP contribution in [0.4, 0.5) is 8.78 Å². The molecule has 1 aromatic heterocycles. The van der Waals surface area contributed by atoms with Gasteiger partial charge in [0.05, 0.1) is 12.2 Å². The largest absolute Gasteiger partial charge is 0.371 e. The van der Waals surface area contributed by atoms with Gasteiger partial charge in [0.2, 0.25) is 0 Å². The van der Waals surface area contributed by atoms with Crippen molar-refractivity contribution < 1.29 is 13.5 Å². The predicted molar refractivity (Wildman–Crippen MR) is 123 cm³/mol. The summed E-state index contributed by atoms with van der Waals surface area (Å²) in [6, 6.07) is 15.1. The number of thiophene rings is 1. The first-order valence-corrected chi connectivity index (χ1v) is 12.3. The highest BCUT2D eigenvalue weighted by atomic mass is 32.2.